The van der Waals surface area contributed by atoms with Gasteiger partial charge in [0.2, 0.25) is 5.95 Å². The van der Waals surface area contributed by atoms with Crippen LogP contribution < -0.4 is 10.2 Å². The maximum absolute atomic E-state index is 9.56. The molecule has 2 N–H and O–H groups in total. The third-order valence-corrected chi connectivity index (χ3v) is 4.51. The molecule has 0 saturated carbocycles. The molecule has 2 saturated heterocycles. The third-order valence-electron chi connectivity index (χ3n) is 4.51. The molecule has 2 fully saturated rings. The molecule has 132 valence electrons. The Morgan fingerprint density at radius 1 is 1.28 bits per heavy atom. The molecule has 2 aromatic rings. The van der Waals surface area contributed by atoms with E-state index in [1.54, 1.807) is 12.4 Å². The zero-order chi connectivity index (χ0) is 17.2. The van der Waals surface area contributed by atoms with Crippen molar-refractivity contribution in [3.8, 4) is 0 Å². The smallest absolute Gasteiger partial charge is 0.227 e. The number of hydrogen-bond donors (Lipinski definition) is 2. The Balaban J connectivity index is 1.53. The summed E-state index contributed by atoms with van der Waals surface area (Å²) in [7, 11) is 0. The predicted molar refractivity (Wildman–Crippen MR) is 92.5 cm³/mol. The van der Waals surface area contributed by atoms with E-state index in [9.17, 15) is 5.11 Å². The van der Waals surface area contributed by atoms with Gasteiger partial charge in [-0.05, 0) is 13.3 Å². The number of rotatable bonds is 5. The number of aryl methyl sites for hydroxylation is 1. The molecule has 2 aliphatic heterocycles. The number of ether oxygens (including phenoxy) is 1. The van der Waals surface area contributed by atoms with Gasteiger partial charge in [0.15, 0.2) is 0 Å². The van der Waals surface area contributed by atoms with Gasteiger partial charge in [-0.25, -0.2) is 4.98 Å². The van der Waals surface area contributed by atoms with Crippen LogP contribution in [-0.4, -0.2) is 57.4 Å². The summed E-state index contributed by atoms with van der Waals surface area (Å²) in [5, 5.41) is 12.9. The van der Waals surface area contributed by atoms with E-state index in [0.717, 1.165) is 35.9 Å². The number of aliphatic hydroxyl groups is 1. The fourth-order valence-electron chi connectivity index (χ4n) is 2.97. The predicted octanol–water partition coefficient (Wildman–Crippen LogP) is 0.872. The Bertz CT molecular complexity index is 726. The van der Waals surface area contributed by atoms with Crippen LogP contribution in [-0.2, 0) is 11.3 Å². The molecule has 4 rings (SSSR count). The number of β-amino-alcohol motifs (C(OH)–C–C–N with tert-alkyl or cyclic N) is 1. The van der Waals surface area contributed by atoms with Crippen LogP contribution in [0.5, 0.6) is 0 Å². The van der Waals surface area contributed by atoms with Gasteiger partial charge in [0, 0.05) is 37.9 Å². The van der Waals surface area contributed by atoms with Crippen molar-refractivity contribution in [2.24, 2.45) is 0 Å². The first-order valence-electron chi connectivity index (χ1n) is 8.58. The first-order chi connectivity index (χ1) is 12.2. The SMILES string of the molecule is Cc1cnc(CNc2cc([C@@H]3CCOC3)nc(N3CC(O)C3)n2)cn1. The minimum Gasteiger partial charge on any atom is -0.389 e. The zero-order valence-electron chi connectivity index (χ0n) is 14.2. The van der Waals surface area contributed by atoms with Crippen LogP contribution in [0.25, 0.3) is 0 Å². The van der Waals surface area contributed by atoms with Gasteiger partial charge >= 0.3 is 0 Å². The fraction of sp³-hybridized carbons (Fsp3) is 0.529. The standard InChI is InChI=1S/C17H22N6O2/c1-11-5-19-13(6-18-11)7-20-16-4-15(12-2-3-25-10-12)21-17(22-16)23-8-14(24)9-23/h4-6,12,14,24H,2-3,7-10H2,1H3,(H,20,21,22)/t12-/m1/s1. The van der Waals surface area contributed by atoms with Crippen molar-refractivity contribution in [2.45, 2.75) is 31.9 Å². The first kappa shape index (κ1) is 16.2. The second-order valence-corrected chi connectivity index (χ2v) is 6.60. The Hall–Kier alpha value is -2.32. The topological polar surface area (TPSA) is 96.3 Å². The molecular formula is C17H22N6O2. The van der Waals surface area contributed by atoms with Crippen LogP contribution in [0.15, 0.2) is 18.5 Å². The highest BCUT2D eigenvalue weighted by atomic mass is 16.5. The lowest BCUT2D eigenvalue weighted by molar-refractivity contribution is 0.140. The summed E-state index contributed by atoms with van der Waals surface area (Å²) in [6, 6.07) is 1.99. The van der Waals surface area contributed by atoms with Crippen molar-refractivity contribution >= 4 is 11.8 Å². The van der Waals surface area contributed by atoms with Crippen molar-refractivity contribution in [2.75, 3.05) is 36.5 Å². The number of hydrogen-bond acceptors (Lipinski definition) is 8. The summed E-state index contributed by atoms with van der Waals surface area (Å²) < 4.78 is 5.50. The lowest BCUT2D eigenvalue weighted by Crippen LogP contribution is -2.51. The molecule has 8 heteroatoms. The minimum absolute atomic E-state index is 0.290. The molecule has 4 heterocycles. The van der Waals surface area contributed by atoms with Gasteiger partial charge in [0.05, 0.1) is 42.5 Å². The second-order valence-electron chi connectivity index (χ2n) is 6.60. The Labute approximate surface area is 146 Å². The first-order valence-corrected chi connectivity index (χ1v) is 8.58. The van der Waals surface area contributed by atoms with Crippen molar-refractivity contribution in [3.63, 3.8) is 0 Å². The van der Waals surface area contributed by atoms with Gasteiger partial charge in [-0.2, -0.15) is 4.98 Å². The number of nitrogens with one attached hydrogen (secondary N) is 1. The highest BCUT2D eigenvalue weighted by Crippen LogP contribution is 2.28. The Morgan fingerprint density at radius 3 is 2.84 bits per heavy atom. The molecule has 0 aromatic carbocycles. The number of aliphatic hydroxyl groups excluding tert-OH is 1. The van der Waals surface area contributed by atoms with Gasteiger partial charge in [-0.3, -0.25) is 9.97 Å². The Morgan fingerprint density at radius 2 is 2.16 bits per heavy atom. The molecule has 1 atom stereocenters. The van der Waals surface area contributed by atoms with Gasteiger partial charge in [0.1, 0.15) is 5.82 Å². The van der Waals surface area contributed by atoms with Crippen LogP contribution in [0.3, 0.4) is 0 Å². The van der Waals surface area contributed by atoms with E-state index in [4.69, 9.17) is 9.72 Å². The van der Waals surface area contributed by atoms with Gasteiger partial charge in [0.25, 0.3) is 0 Å². The monoisotopic (exact) mass is 342 g/mol. The van der Waals surface area contributed by atoms with Crippen molar-refractivity contribution < 1.29 is 9.84 Å². The van der Waals surface area contributed by atoms with Crippen molar-refractivity contribution in [1.82, 2.24) is 19.9 Å². The van der Waals surface area contributed by atoms with E-state index in [1.165, 1.54) is 0 Å². The van der Waals surface area contributed by atoms with Crippen LogP contribution in [0.4, 0.5) is 11.8 Å². The largest absolute Gasteiger partial charge is 0.389 e. The summed E-state index contributed by atoms with van der Waals surface area (Å²) in [5.41, 5.74) is 2.74. The van der Waals surface area contributed by atoms with E-state index in [2.05, 4.69) is 20.3 Å². The summed E-state index contributed by atoms with van der Waals surface area (Å²) in [4.78, 5) is 19.9. The van der Waals surface area contributed by atoms with Gasteiger partial charge in [-0.1, -0.05) is 0 Å². The molecule has 0 amide bonds. The average Bonchev–Trinajstić information content (AvgIpc) is 3.13. The van der Waals surface area contributed by atoms with E-state index in [1.807, 2.05) is 17.9 Å². The average molecular weight is 342 g/mol. The molecule has 2 aliphatic rings. The molecule has 0 radical (unpaired) electrons. The number of aromatic nitrogens is 4. The van der Waals surface area contributed by atoms with E-state index < -0.39 is 0 Å². The summed E-state index contributed by atoms with van der Waals surface area (Å²) in [5.74, 6) is 1.72. The number of anilines is 2. The van der Waals surface area contributed by atoms with E-state index >= 15 is 0 Å². The quantitative estimate of drug-likeness (QED) is 0.826. The lowest BCUT2D eigenvalue weighted by Gasteiger charge is -2.36. The summed E-state index contributed by atoms with van der Waals surface area (Å²) in [6.07, 6.45) is 4.20. The zero-order valence-corrected chi connectivity index (χ0v) is 14.2. The minimum atomic E-state index is -0.290. The summed E-state index contributed by atoms with van der Waals surface area (Å²) >= 11 is 0. The molecule has 25 heavy (non-hydrogen) atoms. The van der Waals surface area contributed by atoms with Crippen LogP contribution in [0.2, 0.25) is 0 Å². The molecule has 2 aromatic heterocycles. The molecular weight excluding hydrogens is 320 g/mol. The van der Waals surface area contributed by atoms with Crippen molar-refractivity contribution in [3.05, 3.63) is 35.5 Å². The molecule has 0 bridgehead atoms. The van der Waals surface area contributed by atoms with Crippen LogP contribution >= 0.6 is 0 Å². The molecule has 0 unspecified atom stereocenters. The normalized spacial score (nSPS) is 20.6. The van der Waals surface area contributed by atoms with Gasteiger partial charge < -0.3 is 20.1 Å². The van der Waals surface area contributed by atoms with Gasteiger partial charge in [-0.15, -0.1) is 0 Å². The molecule has 0 aliphatic carbocycles. The second kappa shape index (κ2) is 6.89. The molecule has 8 nitrogen and oxygen atoms in total. The Kier molecular flexibility index (Phi) is 4.46. The van der Waals surface area contributed by atoms with E-state index in [-0.39, 0.29) is 6.10 Å². The third kappa shape index (κ3) is 3.69. The highest BCUT2D eigenvalue weighted by molar-refractivity contribution is 5.46. The highest BCUT2D eigenvalue weighted by Gasteiger charge is 2.28. The van der Waals surface area contributed by atoms with Crippen LogP contribution in [0, 0.1) is 6.92 Å². The lowest BCUT2D eigenvalue weighted by atomic mass is 10.0. The maximum Gasteiger partial charge on any atom is 0.227 e. The fourth-order valence-corrected chi connectivity index (χ4v) is 2.97. The van der Waals surface area contributed by atoms with Crippen LogP contribution in [0.1, 0.15) is 29.4 Å². The van der Waals surface area contributed by atoms with Crippen molar-refractivity contribution in [1.29, 1.82) is 0 Å². The molecule has 0 spiro atoms. The van der Waals surface area contributed by atoms with E-state index in [0.29, 0.717) is 38.1 Å². The number of nitrogens with zero attached hydrogens (tertiary/aromatic N) is 5. The summed E-state index contributed by atoms with van der Waals surface area (Å²) in [6.45, 7) is 5.09. The maximum atomic E-state index is 9.56.